The zero-order chi connectivity index (χ0) is 16.8. The fourth-order valence-electron chi connectivity index (χ4n) is 3.44. The lowest BCUT2D eigenvalue weighted by Gasteiger charge is -2.47. The van der Waals surface area contributed by atoms with Crippen LogP contribution in [-0.2, 0) is 4.79 Å². The molecule has 2 atom stereocenters. The summed E-state index contributed by atoms with van der Waals surface area (Å²) in [5.74, 6) is 0.831. The lowest BCUT2D eigenvalue weighted by atomic mass is 9.84. The highest BCUT2D eigenvalue weighted by Crippen LogP contribution is 2.44. The number of hydrogen-bond donors (Lipinski definition) is 1. The van der Waals surface area contributed by atoms with E-state index in [2.05, 4.69) is 0 Å². The lowest BCUT2D eigenvalue weighted by molar-refractivity contribution is -0.147. The van der Waals surface area contributed by atoms with Crippen LogP contribution in [0.4, 0.5) is 0 Å². The minimum atomic E-state index is -0.780. The lowest BCUT2D eigenvalue weighted by Crippen LogP contribution is -2.55. The second kappa shape index (κ2) is 5.87. The van der Waals surface area contributed by atoms with E-state index in [4.69, 9.17) is 17.0 Å². The summed E-state index contributed by atoms with van der Waals surface area (Å²) in [6.07, 6.45) is 1.66. The fraction of sp³-hybridized carbons (Fsp3) is 0.556. The van der Waals surface area contributed by atoms with Crippen molar-refractivity contribution < 1.29 is 14.6 Å². The summed E-state index contributed by atoms with van der Waals surface area (Å²) in [6.45, 7) is 6.28. The number of amides is 1. The van der Waals surface area contributed by atoms with Crippen LogP contribution in [0, 0.1) is 0 Å². The maximum absolute atomic E-state index is 12.4. The van der Waals surface area contributed by atoms with Crippen molar-refractivity contribution >= 4 is 23.0 Å². The Balaban J connectivity index is 2.11. The second-order valence-corrected chi connectivity index (χ2v) is 7.56. The molecule has 1 amide bonds. The predicted octanol–water partition coefficient (Wildman–Crippen LogP) is 3.01. The Kier molecular flexibility index (Phi) is 4.19. The summed E-state index contributed by atoms with van der Waals surface area (Å²) < 4.78 is 5.99. The average Bonchev–Trinajstić information content (AvgIpc) is 2.49. The molecule has 1 fully saturated rings. The molecule has 2 unspecified atom stereocenters. The summed E-state index contributed by atoms with van der Waals surface area (Å²) in [6, 6.07) is 5.42. The number of carbonyl (C=O) groups is 1. The van der Waals surface area contributed by atoms with Crippen molar-refractivity contribution in [3.63, 3.8) is 0 Å². The van der Waals surface area contributed by atoms with Crippen molar-refractivity contribution in [2.75, 3.05) is 6.54 Å². The average molecular weight is 333 g/mol. The van der Waals surface area contributed by atoms with Gasteiger partial charge in [0.05, 0.1) is 6.04 Å². The van der Waals surface area contributed by atoms with Gasteiger partial charge in [-0.2, -0.15) is 0 Å². The van der Waals surface area contributed by atoms with Gasteiger partial charge >= 0.3 is 0 Å². The number of likely N-dealkylation sites (tertiary alicyclic amines) is 1. The predicted molar refractivity (Wildman–Crippen MR) is 92.8 cm³/mol. The Labute approximate surface area is 142 Å². The molecule has 5 heteroatoms. The summed E-state index contributed by atoms with van der Waals surface area (Å²) in [5, 5.41) is 10.9. The second-order valence-electron chi connectivity index (χ2n) is 6.95. The molecule has 0 bridgehead atoms. The van der Waals surface area contributed by atoms with E-state index in [1.807, 2.05) is 43.9 Å². The summed E-state index contributed by atoms with van der Waals surface area (Å²) in [5.41, 5.74) is 1.04. The van der Waals surface area contributed by atoms with Crippen molar-refractivity contribution in [3.05, 3.63) is 29.3 Å². The van der Waals surface area contributed by atoms with Gasteiger partial charge < -0.3 is 14.7 Å². The monoisotopic (exact) mass is 333 g/mol. The van der Waals surface area contributed by atoms with Crippen LogP contribution in [0.3, 0.4) is 0 Å². The van der Waals surface area contributed by atoms with E-state index in [0.29, 0.717) is 13.0 Å². The quantitative estimate of drug-likeness (QED) is 0.668. The highest BCUT2D eigenvalue weighted by molar-refractivity contribution is 7.80. The van der Waals surface area contributed by atoms with Crippen LogP contribution in [0.2, 0.25) is 0 Å². The van der Waals surface area contributed by atoms with E-state index < -0.39 is 11.7 Å². The third-order valence-electron chi connectivity index (χ3n) is 4.82. The number of ether oxygens (including phenoxy) is 1. The van der Waals surface area contributed by atoms with Crippen molar-refractivity contribution in [1.82, 2.24) is 4.90 Å². The maximum atomic E-state index is 12.4. The standard InChI is InChI=1S/C18H23NO3S/c1-11(23)12-7-8-14-13(10-12)16(17(21)18(2,3)22-14)19-9-5-4-6-15(19)20/h7-8,10,16-17,21H,4-6,9H2,1-3H3. The first kappa shape index (κ1) is 16.4. The number of thiocarbonyl (C=S) groups is 1. The molecular weight excluding hydrogens is 310 g/mol. The van der Waals surface area contributed by atoms with Gasteiger partial charge in [-0.3, -0.25) is 4.79 Å². The van der Waals surface area contributed by atoms with E-state index in [0.717, 1.165) is 34.6 Å². The minimum Gasteiger partial charge on any atom is -0.485 e. The Morgan fingerprint density at radius 1 is 1.39 bits per heavy atom. The van der Waals surface area contributed by atoms with Crippen molar-refractivity contribution in [1.29, 1.82) is 0 Å². The van der Waals surface area contributed by atoms with Gasteiger partial charge in [-0.25, -0.2) is 0 Å². The van der Waals surface area contributed by atoms with Crippen LogP contribution in [0.1, 0.15) is 57.2 Å². The van der Waals surface area contributed by atoms with E-state index in [1.54, 1.807) is 0 Å². The van der Waals surface area contributed by atoms with Gasteiger partial charge in [0, 0.05) is 23.4 Å². The third kappa shape index (κ3) is 2.88. The number of nitrogens with zero attached hydrogens (tertiary/aromatic N) is 1. The number of aliphatic hydroxyl groups excluding tert-OH is 1. The van der Waals surface area contributed by atoms with Gasteiger partial charge in [-0.05, 0) is 51.3 Å². The molecule has 0 aliphatic carbocycles. The Bertz CT molecular complexity index is 656. The number of carbonyl (C=O) groups excluding carboxylic acids is 1. The Morgan fingerprint density at radius 3 is 2.78 bits per heavy atom. The molecule has 3 rings (SSSR count). The molecular formula is C18H23NO3S. The zero-order valence-electron chi connectivity index (χ0n) is 13.8. The molecule has 0 aromatic heterocycles. The van der Waals surface area contributed by atoms with E-state index in [1.165, 1.54) is 0 Å². The first-order valence-corrected chi connectivity index (χ1v) is 8.53. The minimum absolute atomic E-state index is 0.105. The smallest absolute Gasteiger partial charge is 0.223 e. The number of hydrogen-bond acceptors (Lipinski definition) is 4. The van der Waals surface area contributed by atoms with Crippen molar-refractivity contribution in [3.8, 4) is 5.75 Å². The molecule has 2 aliphatic heterocycles. The molecule has 124 valence electrons. The summed E-state index contributed by atoms with van der Waals surface area (Å²) >= 11 is 5.28. The highest BCUT2D eigenvalue weighted by Gasteiger charge is 2.47. The molecule has 0 radical (unpaired) electrons. The van der Waals surface area contributed by atoms with E-state index in [-0.39, 0.29) is 11.9 Å². The zero-order valence-corrected chi connectivity index (χ0v) is 14.7. The molecule has 1 saturated heterocycles. The maximum Gasteiger partial charge on any atom is 0.223 e. The van der Waals surface area contributed by atoms with Crippen LogP contribution in [0.5, 0.6) is 5.75 Å². The van der Waals surface area contributed by atoms with Crippen LogP contribution in [0.25, 0.3) is 0 Å². The van der Waals surface area contributed by atoms with Crippen LogP contribution < -0.4 is 4.74 Å². The van der Waals surface area contributed by atoms with Gasteiger partial charge in [0.15, 0.2) is 0 Å². The highest BCUT2D eigenvalue weighted by atomic mass is 32.1. The largest absolute Gasteiger partial charge is 0.485 e. The van der Waals surface area contributed by atoms with Crippen LogP contribution >= 0.6 is 12.2 Å². The number of fused-ring (bicyclic) bond motifs is 1. The van der Waals surface area contributed by atoms with Crippen molar-refractivity contribution in [2.24, 2.45) is 0 Å². The SMILES string of the molecule is CC(=S)c1ccc2c(c1)C(N1CCCCC1=O)C(O)C(C)(C)O2. The molecule has 0 saturated carbocycles. The van der Waals surface area contributed by atoms with E-state index in [9.17, 15) is 9.90 Å². The number of aliphatic hydroxyl groups is 1. The Hall–Kier alpha value is -1.46. The van der Waals surface area contributed by atoms with Gasteiger partial charge in [-0.1, -0.05) is 18.3 Å². The topological polar surface area (TPSA) is 49.8 Å². The molecule has 4 nitrogen and oxygen atoms in total. The first-order chi connectivity index (χ1) is 10.8. The van der Waals surface area contributed by atoms with Gasteiger partial charge in [-0.15, -0.1) is 0 Å². The van der Waals surface area contributed by atoms with Gasteiger partial charge in [0.2, 0.25) is 5.91 Å². The summed E-state index contributed by atoms with van der Waals surface area (Å²) in [4.78, 5) is 15.0. The molecule has 1 aromatic carbocycles. The summed E-state index contributed by atoms with van der Waals surface area (Å²) in [7, 11) is 0. The normalized spacial score (nSPS) is 26.4. The third-order valence-corrected chi connectivity index (χ3v) is 5.05. The molecule has 1 aromatic rings. The van der Waals surface area contributed by atoms with Gasteiger partial charge in [0.25, 0.3) is 0 Å². The molecule has 0 spiro atoms. The number of benzene rings is 1. The molecule has 23 heavy (non-hydrogen) atoms. The molecule has 1 N–H and O–H groups in total. The first-order valence-electron chi connectivity index (χ1n) is 8.12. The molecule has 2 heterocycles. The number of piperidine rings is 1. The van der Waals surface area contributed by atoms with E-state index >= 15 is 0 Å². The fourth-order valence-corrected chi connectivity index (χ4v) is 3.57. The van der Waals surface area contributed by atoms with Crippen LogP contribution in [-0.4, -0.2) is 39.0 Å². The molecule has 2 aliphatic rings. The Morgan fingerprint density at radius 2 is 2.13 bits per heavy atom. The van der Waals surface area contributed by atoms with Gasteiger partial charge in [0.1, 0.15) is 17.5 Å². The van der Waals surface area contributed by atoms with Crippen LogP contribution in [0.15, 0.2) is 18.2 Å². The van der Waals surface area contributed by atoms with Crippen molar-refractivity contribution in [2.45, 2.75) is 57.8 Å². The number of rotatable bonds is 2.